The molecule has 0 atom stereocenters. The molecule has 0 fully saturated rings. The van der Waals surface area contributed by atoms with Crippen LogP contribution in [0.3, 0.4) is 0 Å². The van der Waals surface area contributed by atoms with Crippen LogP contribution in [0.5, 0.6) is 0 Å². The second kappa shape index (κ2) is 7.08. The number of hydrogen-bond acceptors (Lipinski definition) is 4. The van der Waals surface area contributed by atoms with E-state index < -0.39 is 0 Å². The van der Waals surface area contributed by atoms with E-state index in [9.17, 15) is 4.79 Å². The monoisotopic (exact) mass is 321 g/mol. The SMILES string of the molecule is Cc1ccc(C(=O)NCCc2nnc(-c3ccccc3C)o2)cc1. The summed E-state index contributed by atoms with van der Waals surface area (Å²) in [6.07, 6.45) is 0.497. The van der Waals surface area contributed by atoms with Crippen LogP contribution in [-0.4, -0.2) is 22.6 Å². The van der Waals surface area contributed by atoms with Crippen molar-refractivity contribution in [1.29, 1.82) is 0 Å². The fraction of sp³-hybridized carbons (Fsp3) is 0.211. The minimum Gasteiger partial charge on any atom is -0.421 e. The summed E-state index contributed by atoms with van der Waals surface area (Å²) in [5.41, 5.74) is 3.79. The van der Waals surface area contributed by atoms with E-state index in [0.29, 0.717) is 30.3 Å². The second-order valence-corrected chi connectivity index (χ2v) is 5.69. The van der Waals surface area contributed by atoms with Gasteiger partial charge in [-0.15, -0.1) is 10.2 Å². The molecule has 1 heterocycles. The van der Waals surface area contributed by atoms with Crippen molar-refractivity contribution < 1.29 is 9.21 Å². The van der Waals surface area contributed by atoms with Gasteiger partial charge in [-0.25, -0.2) is 0 Å². The number of carbonyl (C=O) groups excluding carboxylic acids is 1. The minimum absolute atomic E-state index is 0.103. The summed E-state index contributed by atoms with van der Waals surface area (Å²) in [5.74, 6) is 0.916. The van der Waals surface area contributed by atoms with E-state index in [4.69, 9.17) is 4.42 Å². The van der Waals surface area contributed by atoms with Crippen LogP contribution in [0.15, 0.2) is 52.9 Å². The van der Waals surface area contributed by atoms with Gasteiger partial charge in [0.1, 0.15) is 0 Å². The van der Waals surface area contributed by atoms with E-state index in [1.807, 2.05) is 62.4 Å². The molecule has 5 nitrogen and oxygen atoms in total. The number of aromatic nitrogens is 2. The second-order valence-electron chi connectivity index (χ2n) is 5.69. The van der Waals surface area contributed by atoms with Gasteiger partial charge in [-0.05, 0) is 37.6 Å². The molecule has 24 heavy (non-hydrogen) atoms. The molecule has 2 aromatic carbocycles. The third-order valence-corrected chi connectivity index (χ3v) is 3.78. The van der Waals surface area contributed by atoms with Gasteiger partial charge in [0.25, 0.3) is 5.91 Å². The highest BCUT2D eigenvalue weighted by molar-refractivity contribution is 5.94. The minimum atomic E-state index is -0.103. The third-order valence-electron chi connectivity index (χ3n) is 3.78. The number of amides is 1. The lowest BCUT2D eigenvalue weighted by Crippen LogP contribution is -2.25. The lowest BCUT2D eigenvalue weighted by atomic mass is 10.1. The van der Waals surface area contributed by atoms with Gasteiger partial charge in [0.05, 0.1) is 0 Å². The zero-order valence-electron chi connectivity index (χ0n) is 13.7. The maximum Gasteiger partial charge on any atom is 0.251 e. The van der Waals surface area contributed by atoms with Crippen molar-refractivity contribution >= 4 is 5.91 Å². The van der Waals surface area contributed by atoms with E-state index in [2.05, 4.69) is 15.5 Å². The van der Waals surface area contributed by atoms with Crippen LogP contribution in [0.2, 0.25) is 0 Å². The van der Waals surface area contributed by atoms with Gasteiger partial charge in [0.2, 0.25) is 11.8 Å². The summed E-state index contributed by atoms with van der Waals surface area (Å²) in [6, 6.07) is 15.3. The van der Waals surface area contributed by atoms with Crippen LogP contribution in [0.25, 0.3) is 11.5 Å². The van der Waals surface area contributed by atoms with Gasteiger partial charge < -0.3 is 9.73 Å². The highest BCUT2D eigenvalue weighted by Crippen LogP contribution is 2.21. The summed E-state index contributed by atoms with van der Waals surface area (Å²) >= 11 is 0. The maximum atomic E-state index is 12.0. The first-order valence-corrected chi connectivity index (χ1v) is 7.87. The zero-order valence-corrected chi connectivity index (χ0v) is 13.7. The lowest BCUT2D eigenvalue weighted by molar-refractivity contribution is 0.0953. The van der Waals surface area contributed by atoms with E-state index in [1.165, 1.54) is 0 Å². The average Bonchev–Trinajstić information content (AvgIpc) is 3.04. The summed E-state index contributed by atoms with van der Waals surface area (Å²) < 4.78 is 5.68. The van der Waals surface area contributed by atoms with Crippen LogP contribution in [0.4, 0.5) is 0 Å². The quantitative estimate of drug-likeness (QED) is 0.782. The normalized spacial score (nSPS) is 10.6. The standard InChI is InChI=1S/C19H19N3O2/c1-13-7-9-15(10-8-13)18(23)20-12-11-17-21-22-19(24-17)16-6-4-3-5-14(16)2/h3-10H,11-12H2,1-2H3,(H,20,23). The Kier molecular flexibility index (Phi) is 4.70. The fourth-order valence-electron chi connectivity index (χ4n) is 2.37. The van der Waals surface area contributed by atoms with Crippen LogP contribution < -0.4 is 5.32 Å². The van der Waals surface area contributed by atoms with Gasteiger partial charge in [0.15, 0.2) is 0 Å². The van der Waals surface area contributed by atoms with Crippen molar-refractivity contribution in [2.45, 2.75) is 20.3 Å². The predicted molar refractivity (Wildman–Crippen MR) is 91.7 cm³/mol. The Morgan fingerprint density at radius 2 is 1.79 bits per heavy atom. The summed E-state index contributed by atoms with van der Waals surface area (Å²) in [7, 11) is 0. The van der Waals surface area contributed by atoms with Gasteiger partial charge in [-0.2, -0.15) is 0 Å². The number of nitrogens with one attached hydrogen (secondary N) is 1. The Bertz CT molecular complexity index is 838. The molecule has 0 radical (unpaired) electrons. The Balaban J connectivity index is 1.57. The van der Waals surface area contributed by atoms with Crippen molar-refractivity contribution in [3.63, 3.8) is 0 Å². The van der Waals surface area contributed by atoms with Crippen LogP contribution in [0, 0.1) is 13.8 Å². The molecule has 5 heteroatoms. The number of rotatable bonds is 5. The molecular weight excluding hydrogens is 302 g/mol. The number of hydrogen-bond donors (Lipinski definition) is 1. The average molecular weight is 321 g/mol. The highest BCUT2D eigenvalue weighted by Gasteiger charge is 2.11. The highest BCUT2D eigenvalue weighted by atomic mass is 16.4. The molecule has 0 spiro atoms. The van der Waals surface area contributed by atoms with Crippen molar-refractivity contribution in [2.75, 3.05) is 6.54 Å². The number of nitrogens with zero attached hydrogens (tertiary/aromatic N) is 2. The van der Waals surface area contributed by atoms with E-state index in [-0.39, 0.29) is 5.91 Å². The fourth-order valence-corrected chi connectivity index (χ4v) is 2.37. The van der Waals surface area contributed by atoms with E-state index in [1.54, 1.807) is 0 Å². The molecule has 0 unspecified atom stereocenters. The molecule has 1 aromatic heterocycles. The number of carbonyl (C=O) groups is 1. The number of benzene rings is 2. The first-order valence-electron chi connectivity index (χ1n) is 7.87. The maximum absolute atomic E-state index is 12.0. The van der Waals surface area contributed by atoms with Crippen LogP contribution >= 0.6 is 0 Å². The molecular formula is C19H19N3O2. The zero-order chi connectivity index (χ0) is 16.9. The molecule has 1 N–H and O–H groups in total. The molecule has 0 aliphatic rings. The topological polar surface area (TPSA) is 68.0 Å². The Morgan fingerprint density at radius 3 is 2.54 bits per heavy atom. The lowest BCUT2D eigenvalue weighted by Gasteiger charge is -2.04. The van der Waals surface area contributed by atoms with Gasteiger partial charge in [0, 0.05) is 24.1 Å². The van der Waals surface area contributed by atoms with Crippen LogP contribution in [0.1, 0.15) is 27.4 Å². The third kappa shape index (κ3) is 3.68. The summed E-state index contributed by atoms with van der Waals surface area (Å²) in [5, 5.41) is 11.0. The summed E-state index contributed by atoms with van der Waals surface area (Å²) in [6.45, 7) is 4.44. The van der Waals surface area contributed by atoms with Crippen LogP contribution in [-0.2, 0) is 6.42 Å². The molecule has 0 saturated heterocycles. The molecule has 0 bridgehead atoms. The Hall–Kier alpha value is -2.95. The smallest absolute Gasteiger partial charge is 0.251 e. The first kappa shape index (κ1) is 15.9. The molecule has 3 aromatic rings. The van der Waals surface area contributed by atoms with Gasteiger partial charge in [-0.3, -0.25) is 4.79 Å². The molecule has 0 saturated carbocycles. The largest absolute Gasteiger partial charge is 0.421 e. The van der Waals surface area contributed by atoms with Gasteiger partial charge >= 0.3 is 0 Å². The molecule has 1 amide bonds. The van der Waals surface area contributed by atoms with Crippen molar-refractivity contribution in [3.05, 3.63) is 71.1 Å². The predicted octanol–water partition coefficient (Wildman–Crippen LogP) is 3.33. The first-order chi connectivity index (χ1) is 11.6. The molecule has 3 rings (SSSR count). The van der Waals surface area contributed by atoms with Crippen molar-refractivity contribution in [1.82, 2.24) is 15.5 Å². The van der Waals surface area contributed by atoms with E-state index in [0.717, 1.165) is 16.7 Å². The molecule has 0 aliphatic carbocycles. The molecule has 122 valence electrons. The summed E-state index contributed by atoms with van der Waals surface area (Å²) in [4.78, 5) is 12.0. The van der Waals surface area contributed by atoms with Gasteiger partial charge in [-0.1, -0.05) is 35.9 Å². The van der Waals surface area contributed by atoms with Crippen molar-refractivity contribution in [3.8, 4) is 11.5 Å². The van der Waals surface area contributed by atoms with E-state index >= 15 is 0 Å². The van der Waals surface area contributed by atoms with Crippen molar-refractivity contribution in [2.24, 2.45) is 0 Å². The Labute approximate surface area is 140 Å². The number of aryl methyl sites for hydroxylation is 2. The molecule has 0 aliphatic heterocycles. The Morgan fingerprint density at radius 1 is 1.04 bits per heavy atom.